The largest absolute Gasteiger partial charge is 0.276 e. The molecule has 2 nitrogen and oxygen atoms in total. The highest BCUT2D eigenvalue weighted by Gasteiger charge is 2.24. The second-order valence-electron chi connectivity index (χ2n) is 3.02. The molecule has 12 heavy (non-hydrogen) atoms. The van der Waals surface area contributed by atoms with Gasteiger partial charge in [-0.2, -0.15) is 0 Å². The SMILES string of the molecule is O=C(Cl)c1ccc(C2CC2)nc1. The lowest BCUT2D eigenvalue weighted by Crippen LogP contribution is -1.92. The number of aromatic nitrogens is 1. The molecule has 62 valence electrons. The van der Waals surface area contributed by atoms with Gasteiger partial charge in [0.1, 0.15) is 0 Å². The van der Waals surface area contributed by atoms with Gasteiger partial charge in [0.2, 0.25) is 0 Å². The summed E-state index contributed by atoms with van der Waals surface area (Å²) in [5.74, 6) is 0.629. The fourth-order valence-electron chi connectivity index (χ4n) is 1.14. The number of hydrogen-bond donors (Lipinski definition) is 0. The first-order valence-electron chi connectivity index (χ1n) is 3.93. The van der Waals surface area contributed by atoms with E-state index in [1.165, 1.54) is 12.8 Å². The summed E-state index contributed by atoms with van der Waals surface area (Å²) in [6.45, 7) is 0. The molecule has 1 aliphatic carbocycles. The highest BCUT2D eigenvalue weighted by atomic mass is 35.5. The summed E-state index contributed by atoms with van der Waals surface area (Å²) in [4.78, 5) is 14.8. The summed E-state index contributed by atoms with van der Waals surface area (Å²) < 4.78 is 0. The van der Waals surface area contributed by atoms with E-state index in [9.17, 15) is 4.79 Å². The van der Waals surface area contributed by atoms with E-state index in [0.717, 1.165) is 5.69 Å². The van der Waals surface area contributed by atoms with Crippen molar-refractivity contribution in [3.63, 3.8) is 0 Å². The van der Waals surface area contributed by atoms with Crippen LogP contribution in [0.15, 0.2) is 18.3 Å². The molecule has 0 atom stereocenters. The lowest BCUT2D eigenvalue weighted by Gasteiger charge is -1.96. The van der Waals surface area contributed by atoms with Crippen LogP contribution in [0.4, 0.5) is 0 Å². The molecule has 0 amide bonds. The summed E-state index contributed by atoms with van der Waals surface area (Å²) in [6, 6.07) is 3.61. The highest BCUT2D eigenvalue weighted by molar-refractivity contribution is 6.67. The van der Waals surface area contributed by atoms with Gasteiger partial charge in [0.15, 0.2) is 0 Å². The number of carbonyl (C=O) groups is 1. The van der Waals surface area contributed by atoms with Gasteiger partial charge in [0.05, 0.1) is 5.56 Å². The molecule has 1 fully saturated rings. The molecule has 1 aromatic rings. The standard InChI is InChI=1S/C9H8ClNO/c10-9(12)7-3-4-8(11-5-7)6-1-2-6/h3-6H,1-2H2. The smallest absolute Gasteiger partial charge is 0.253 e. The van der Waals surface area contributed by atoms with E-state index < -0.39 is 5.24 Å². The third-order valence-electron chi connectivity index (χ3n) is 2.01. The zero-order valence-corrected chi connectivity index (χ0v) is 7.21. The number of pyridine rings is 1. The Morgan fingerprint density at radius 1 is 1.50 bits per heavy atom. The molecule has 1 aliphatic rings. The Bertz CT molecular complexity index is 303. The van der Waals surface area contributed by atoms with Crippen molar-refractivity contribution >= 4 is 16.8 Å². The molecule has 0 aliphatic heterocycles. The molecule has 0 saturated heterocycles. The zero-order chi connectivity index (χ0) is 8.55. The first-order chi connectivity index (χ1) is 5.77. The minimum absolute atomic E-state index is 0.440. The van der Waals surface area contributed by atoms with Gasteiger partial charge in [0.25, 0.3) is 5.24 Å². The predicted octanol–water partition coefficient (Wildman–Crippen LogP) is 2.34. The molecule has 0 radical (unpaired) electrons. The molecule has 1 saturated carbocycles. The van der Waals surface area contributed by atoms with Gasteiger partial charge in [-0.1, -0.05) is 0 Å². The van der Waals surface area contributed by atoms with Crippen LogP contribution in [0.5, 0.6) is 0 Å². The summed E-state index contributed by atoms with van der Waals surface area (Å²) in [5.41, 5.74) is 1.55. The number of halogens is 1. The second kappa shape index (κ2) is 2.87. The highest BCUT2D eigenvalue weighted by Crippen LogP contribution is 2.38. The maximum Gasteiger partial charge on any atom is 0.253 e. The van der Waals surface area contributed by atoms with Crippen LogP contribution in [0.3, 0.4) is 0 Å². The van der Waals surface area contributed by atoms with Gasteiger partial charge in [-0.3, -0.25) is 9.78 Å². The second-order valence-corrected chi connectivity index (χ2v) is 3.36. The summed E-state index contributed by atoms with van der Waals surface area (Å²) in [7, 11) is 0. The van der Waals surface area contributed by atoms with Crippen molar-refractivity contribution in [2.75, 3.05) is 0 Å². The van der Waals surface area contributed by atoms with Crippen LogP contribution >= 0.6 is 11.6 Å². The molecular weight excluding hydrogens is 174 g/mol. The first-order valence-corrected chi connectivity index (χ1v) is 4.31. The van der Waals surface area contributed by atoms with Crippen LogP contribution in [0.2, 0.25) is 0 Å². The van der Waals surface area contributed by atoms with Crippen molar-refractivity contribution in [2.24, 2.45) is 0 Å². The Balaban J connectivity index is 2.24. The molecule has 0 bridgehead atoms. The van der Waals surface area contributed by atoms with E-state index in [-0.39, 0.29) is 0 Å². The van der Waals surface area contributed by atoms with E-state index in [1.54, 1.807) is 12.3 Å². The van der Waals surface area contributed by atoms with Gasteiger partial charge < -0.3 is 0 Å². The fraction of sp³-hybridized carbons (Fsp3) is 0.333. The van der Waals surface area contributed by atoms with Crippen molar-refractivity contribution in [2.45, 2.75) is 18.8 Å². The maximum atomic E-state index is 10.7. The number of carbonyl (C=O) groups excluding carboxylic acids is 1. The van der Waals surface area contributed by atoms with Crippen molar-refractivity contribution in [3.8, 4) is 0 Å². The molecule has 1 heterocycles. The van der Waals surface area contributed by atoms with Crippen LogP contribution in [0.25, 0.3) is 0 Å². The number of hydrogen-bond acceptors (Lipinski definition) is 2. The lowest BCUT2D eigenvalue weighted by molar-refractivity contribution is 0.108. The zero-order valence-electron chi connectivity index (χ0n) is 6.46. The van der Waals surface area contributed by atoms with Gasteiger partial charge in [-0.05, 0) is 36.6 Å². The Hall–Kier alpha value is -0.890. The normalized spacial score (nSPS) is 16.1. The van der Waals surface area contributed by atoms with Crippen LogP contribution < -0.4 is 0 Å². The fourth-order valence-corrected chi connectivity index (χ4v) is 1.25. The van der Waals surface area contributed by atoms with E-state index in [4.69, 9.17) is 11.6 Å². The minimum atomic E-state index is -0.440. The third-order valence-corrected chi connectivity index (χ3v) is 2.23. The quantitative estimate of drug-likeness (QED) is 0.656. The molecule has 0 N–H and O–H groups in total. The Morgan fingerprint density at radius 2 is 2.25 bits per heavy atom. The minimum Gasteiger partial charge on any atom is -0.276 e. The van der Waals surface area contributed by atoms with E-state index in [2.05, 4.69) is 4.98 Å². The van der Waals surface area contributed by atoms with Gasteiger partial charge in [-0.25, -0.2) is 0 Å². The Kier molecular flexibility index (Phi) is 1.85. The molecule has 3 heteroatoms. The van der Waals surface area contributed by atoms with Crippen molar-refractivity contribution in [1.82, 2.24) is 4.98 Å². The van der Waals surface area contributed by atoms with E-state index in [1.807, 2.05) is 6.07 Å². The Labute approximate surface area is 75.6 Å². The van der Waals surface area contributed by atoms with Gasteiger partial charge in [0, 0.05) is 17.8 Å². The lowest BCUT2D eigenvalue weighted by atomic mass is 10.2. The topological polar surface area (TPSA) is 30.0 Å². The monoisotopic (exact) mass is 181 g/mol. The van der Waals surface area contributed by atoms with E-state index >= 15 is 0 Å². The van der Waals surface area contributed by atoms with Crippen LogP contribution in [0.1, 0.15) is 34.8 Å². The number of nitrogens with zero attached hydrogens (tertiary/aromatic N) is 1. The van der Waals surface area contributed by atoms with Gasteiger partial charge >= 0.3 is 0 Å². The molecule has 0 unspecified atom stereocenters. The first kappa shape index (κ1) is 7.74. The van der Waals surface area contributed by atoms with Crippen molar-refractivity contribution in [1.29, 1.82) is 0 Å². The summed E-state index contributed by atoms with van der Waals surface area (Å²) in [5, 5.41) is -0.440. The third kappa shape index (κ3) is 1.48. The average molecular weight is 182 g/mol. The Morgan fingerprint density at radius 3 is 2.67 bits per heavy atom. The van der Waals surface area contributed by atoms with Crippen LogP contribution in [0, 0.1) is 0 Å². The summed E-state index contributed by atoms with van der Waals surface area (Å²) >= 11 is 5.27. The molecule has 2 rings (SSSR count). The van der Waals surface area contributed by atoms with Crippen LogP contribution in [-0.2, 0) is 0 Å². The average Bonchev–Trinajstić information content (AvgIpc) is 2.87. The van der Waals surface area contributed by atoms with Crippen molar-refractivity contribution < 1.29 is 4.79 Å². The molecular formula is C9H8ClNO. The van der Waals surface area contributed by atoms with Crippen molar-refractivity contribution in [3.05, 3.63) is 29.6 Å². The maximum absolute atomic E-state index is 10.7. The summed E-state index contributed by atoms with van der Waals surface area (Å²) in [6.07, 6.45) is 3.99. The van der Waals surface area contributed by atoms with E-state index in [0.29, 0.717) is 11.5 Å². The number of rotatable bonds is 2. The van der Waals surface area contributed by atoms with Crippen LogP contribution in [-0.4, -0.2) is 10.2 Å². The molecule has 1 aromatic heterocycles. The predicted molar refractivity (Wildman–Crippen MR) is 46.4 cm³/mol. The molecule has 0 spiro atoms. The molecule has 0 aromatic carbocycles. The van der Waals surface area contributed by atoms with Gasteiger partial charge in [-0.15, -0.1) is 0 Å².